The van der Waals surface area contributed by atoms with E-state index in [1.165, 1.54) is 0 Å². The first-order valence-corrected chi connectivity index (χ1v) is 7.02. The second kappa shape index (κ2) is 6.93. The van der Waals surface area contributed by atoms with Gasteiger partial charge in [-0.1, -0.05) is 13.8 Å². The van der Waals surface area contributed by atoms with Gasteiger partial charge in [0, 0.05) is 12.2 Å². The molecule has 108 valence electrons. The fourth-order valence-corrected chi connectivity index (χ4v) is 1.94. The minimum Gasteiger partial charge on any atom is -0.494 e. The molecule has 0 saturated carbocycles. The van der Waals surface area contributed by atoms with Crippen molar-refractivity contribution >= 4 is 5.69 Å². The van der Waals surface area contributed by atoms with E-state index in [9.17, 15) is 0 Å². The monoisotopic (exact) mass is 274 g/mol. The van der Waals surface area contributed by atoms with Crippen molar-refractivity contribution in [2.45, 2.75) is 33.9 Å². The molecule has 2 aromatic rings. The van der Waals surface area contributed by atoms with E-state index in [1.807, 2.05) is 35.9 Å². The van der Waals surface area contributed by atoms with Crippen molar-refractivity contribution in [1.29, 1.82) is 0 Å². The van der Waals surface area contributed by atoms with Crippen LogP contribution in [0, 0.1) is 5.92 Å². The highest BCUT2D eigenvalue weighted by atomic mass is 16.5. The Morgan fingerprint density at radius 3 is 2.65 bits per heavy atom. The van der Waals surface area contributed by atoms with Crippen LogP contribution < -0.4 is 10.1 Å². The van der Waals surface area contributed by atoms with Gasteiger partial charge < -0.3 is 10.1 Å². The molecule has 0 spiro atoms. The highest BCUT2D eigenvalue weighted by Crippen LogP contribution is 2.16. The normalized spacial score (nSPS) is 10.8. The summed E-state index contributed by atoms with van der Waals surface area (Å²) in [6.07, 6.45) is 1.61. The van der Waals surface area contributed by atoms with Gasteiger partial charge in [0.2, 0.25) is 0 Å². The molecule has 0 aliphatic rings. The van der Waals surface area contributed by atoms with Crippen LogP contribution in [0.25, 0.3) is 0 Å². The maximum absolute atomic E-state index is 5.42. The summed E-state index contributed by atoms with van der Waals surface area (Å²) in [5.74, 6) is 2.40. The van der Waals surface area contributed by atoms with Crippen molar-refractivity contribution < 1.29 is 4.74 Å². The van der Waals surface area contributed by atoms with Gasteiger partial charge in [-0.15, -0.1) is 0 Å². The molecule has 0 amide bonds. The first kappa shape index (κ1) is 14.4. The Labute approximate surface area is 120 Å². The van der Waals surface area contributed by atoms with E-state index in [0.717, 1.165) is 23.8 Å². The number of anilines is 1. The van der Waals surface area contributed by atoms with Gasteiger partial charge in [0.15, 0.2) is 0 Å². The number of nitrogens with zero attached hydrogens (tertiary/aromatic N) is 3. The Bertz CT molecular complexity index is 519. The number of hydrogen-bond donors (Lipinski definition) is 1. The number of ether oxygens (including phenoxy) is 1. The molecule has 0 unspecified atom stereocenters. The van der Waals surface area contributed by atoms with Gasteiger partial charge in [-0.25, -0.2) is 9.67 Å². The fraction of sp³-hybridized carbons (Fsp3) is 0.467. The van der Waals surface area contributed by atoms with Crippen LogP contribution >= 0.6 is 0 Å². The number of benzene rings is 1. The van der Waals surface area contributed by atoms with Gasteiger partial charge in [-0.3, -0.25) is 0 Å². The van der Waals surface area contributed by atoms with Crippen LogP contribution in [0.15, 0.2) is 30.6 Å². The summed E-state index contributed by atoms with van der Waals surface area (Å²) in [6.45, 7) is 8.57. The second-order valence-corrected chi connectivity index (χ2v) is 5.06. The number of aromatic nitrogens is 3. The number of rotatable bonds is 7. The minimum atomic E-state index is 0.556. The largest absolute Gasteiger partial charge is 0.494 e. The van der Waals surface area contributed by atoms with E-state index >= 15 is 0 Å². The van der Waals surface area contributed by atoms with Crippen LogP contribution in [0.1, 0.15) is 26.6 Å². The third-order valence-corrected chi connectivity index (χ3v) is 2.85. The van der Waals surface area contributed by atoms with E-state index < -0.39 is 0 Å². The zero-order chi connectivity index (χ0) is 14.4. The standard InChI is InChI=1S/C15H22N4O/c1-4-20-14-7-5-13(6-8-14)16-9-15-17-11-18-19(15)10-12(2)3/h5-8,11-12,16H,4,9-10H2,1-3H3. The van der Waals surface area contributed by atoms with Crippen molar-refractivity contribution in [3.8, 4) is 5.75 Å². The summed E-state index contributed by atoms with van der Waals surface area (Å²) in [5, 5.41) is 7.60. The topological polar surface area (TPSA) is 52.0 Å². The Morgan fingerprint density at radius 2 is 2.00 bits per heavy atom. The fourth-order valence-electron chi connectivity index (χ4n) is 1.94. The molecule has 0 aliphatic carbocycles. The molecule has 1 heterocycles. The molecule has 0 saturated heterocycles. The van der Waals surface area contributed by atoms with Crippen molar-refractivity contribution in [3.05, 3.63) is 36.4 Å². The lowest BCUT2D eigenvalue weighted by Crippen LogP contribution is -2.13. The summed E-state index contributed by atoms with van der Waals surface area (Å²) in [6, 6.07) is 7.94. The Balaban J connectivity index is 1.93. The van der Waals surface area contributed by atoms with Crippen molar-refractivity contribution in [2.75, 3.05) is 11.9 Å². The molecule has 1 aromatic heterocycles. The molecule has 20 heavy (non-hydrogen) atoms. The Kier molecular flexibility index (Phi) is 4.98. The van der Waals surface area contributed by atoms with Gasteiger partial charge in [0.05, 0.1) is 13.2 Å². The summed E-state index contributed by atoms with van der Waals surface area (Å²) in [5.41, 5.74) is 1.05. The van der Waals surface area contributed by atoms with Crippen molar-refractivity contribution in [3.63, 3.8) is 0 Å². The molecule has 0 aliphatic heterocycles. The molecule has 5 heteroatoms. The predicted molar refractivity (Wildman–Crippen MR) is 79.8 cm³/mol. The van der Waals surface area contributed by atoms with Gasteiger partial charge in [0.1, 0.15) is 17.9 Å². The predicted octanol–water partition coefficient (Wildman–Crippen LogP) is 2.94. The summed E-state index contributed by atoms with van der Waals surface area (Å²) in [4.78, 5) is 4.30. The smallest absolute Gasteiger partial charge is 0.146 e. The molecule has 0 bridgehead atoms. The Morgan fingerprint density at radius 1 is 1.25 bits per heavy atom. The molecule has 1 aromatic carbocycles. The van der Waals surface area contributed by atoms with Gasteiger partial charge in [-0.2, -0.15) is 5.10 Å². The quantitative estimate of drug-likeness (QED) is 0.843. The van der Waals surface area contributed by atoms with Crippen LogP contribution in [0.3, 0.4) is 0 Å². The van der Waals surface area contributed by atoms with Gasteiger partial charge >= 0.3 is 0 Å². The highest BCUT2D eigenvalue weighted by molar-refractivity contribution is 5.46. The van der Waals surface area contributed by atoms with E-state index in [-0.39, 0.29) is 0 Å². The molecule has 0 atom stereocenters. The van der Waals surface area contributed by atoms with Gasteiger partial charge in [0.25, 0.3) is 0 Å². The average Bonchev–Trinajstić information content (AvgIpc) is 2.85. The van der Waals surface area contributed by atoms with Crippen LogP contribution in [0.5, 0.6) is 5.75 Å². The molecular weight excluding hydrogens is 252 g/mol. The average molecular weight is 274 g/mol. The summed E-state index contributed by atoms with van der Waals surface area (Å²) in [7, 11) is 0. The molecule has 1 N–H and O–H groups in total. The maximum atomic E-state index is 5.42. The SMILES string of the molecule is CCOc1ccc(NCc2ncnn2CC(C)C)cc1. The van der Waals surface area contributed by atoms with Crippen molar-refractivity contribution in [2.24, 2.45) is 5.92 Å². The number of hydrogen-bond acceptors (Lipinski definition) is 4. The van der Waals surface area contributed by atoms with E-state index in [4.69, 9.17) is 4.74 Å². The zero-order valence-electron chi connectivity index (χ0n) is 12.3. The summed E-state index contributed by atoms with van der Waals surface area (Å²) < 4.78 is 7.37. The minimum absolute atomic E-state index is 0.556. The lowest BCUT2D eigenvalue weighted by molar-refractivity contribution is 0.340. The van der Waals surface area contributed by atoms with E-state index in [2.05, 4.69) is 29.2 Å². The molecule has 0 fully saturated rings. The first-order chi connectivity index (χ1) is 9.69. The molecule has 5 nitrogen and oxygen atoms in total. The highest BCUT2D eigenvalue weighted by Gasteiger charge is 2.05. The van der Waals surface area contributed by atoms with Gasteiger partial charge in [-0.05, 0) is 37.1 Å². The third-order valence-electron chi connectivity index (χ3n) is 2.85. The zero-order valence-corrected chi connectivity index (χ0v) is 12.3. The molecule has 2 rings (SSSR count). The van der Waals surface area contributed by atoms with Crippen LogP contribution in [0.2, 0.25) is 0 Å². The van der Waals surface area contributed by atoms with Crippen molar-refractivity contribution in [1.82, 2.24) is 14.8 Å². The van der Waals surface area contributed by atoms with E-state index in [1.54, 1.807) is 6.33 Å². The second-order valence-electron chi connectivity index (χ2n) is 5.06. The van der Waals surface area contributed by atoms with Crippen LogP contribution in [-0.4, -0.2) is 21.4 Å². The Hall–Kier alpha value is -2.04. The van der Waals surface area contributed by atoms with Crippen LogP contribution in [0.4, 0.5) is 5.69 Å². The molecule has 0 radical (unpaired) electrons. The first-order valence-electron chi connectivity index (χ1n) is 7.02. The number of nitrogens with one attached hydrogen (secondary N) is 1. The lowest BCUT2D eigenvalue weighted by atomic mass is 10.2. The molecular formula is C15H22N4O. The van der Waals surface area contributed by atoms with Crippen LogP contribution in [-0.2, 0) is 13.1 Å². The lowest BCUT2D eigenvalue weighted by Gasteiger charge is -2.10. The maximum Gasteiger partial charge on any atom is 0.146 e. The van der Waals surface area contributed by atoms with E-state index in [0.29, 0.717) is 19.1 Å². The third kappa shape index (κ3) is 3.98. The summed E-state index contributed by atoms with van der Waals surface area (Å²) >= 11 is 0.